The minimum atomic E-state index is -0.562. The van der Waals surface area contributed by atoms with Crippen LogP contribution in [0.4, 0.5) is 0 Å². The second kappa shape index (κ2) is 7.32. The third-order valence-electron chi connectivity index (χ3n) is 5.68. The number of pyridine rings is 1. The number of hydrogen-bond donors (Lipinski definition) is 2. The lowest BCUT2D eigenvalue weighted by atomic mass is 9.76. The molecule has 2 aliphatic carbocycles. The van der Waals surface area contributed by atoms with Gasteiger partial charge in [-0.3, -0.25) is 14.6 Å². The summed E-state index contributed by atoms with van der Waals surface area (Å²) in [6.45, 7) is 0. The molecule has 2 aliphatic rings. The number of hydrogen-bond acceptors (Lipinski definition) is 3. The van der Waals surface area contributed by atoms with Crippen molar-refractivity contribution in [3.8, 4) is 0 Å². The fourth-order valence-electron chi connectivity index (χ4n) is 4.53. The Morgan fingerprint density at radius 1 is 0.833 bits per heavy atom. The van der Waals surface area contributed by atoms with Gasteiger partial charge in [-0.15, -0.1) is 0 Å². The van der Waals surface area contributed by atoms with Gasteiger partial charge in [-0.1, -0.05) is 38.5 Å². The quantitative estimate of drug-likeness (QED) is 0.885. The molecule has 3 rings (SSSR count). The molecule has 0 saturated heterocycles. The van der Waals surface area contributed by atoms with E-state index in [1.165, 1.54) is 25.7 Å². The van der Waals surface area contributed by atoms with Crippen LogP contribution in [0, 0.1) is 0 Å². The molecule has 1 heterocycles. The number of rotatable bonds is 4. The third kappa shape index (κ3) is 3.30. The molecule has 24 heavy (non-hydrogen) atoms. The average molecular weight is 329 g/mol. The molecule has 2 amide bonds. The topological polar surface area (TPSA) is 99.1 Å². The van der Waals surface area contributed by atoms with Crippen molar-refractivity contribution in [1.82, 2.24) is 4.98 Å². The van der Waals surface area contributed by atoms with Crippen molar-refractivity contribution in [2.45, 2.75) is 76.0 Å². The van der Waals surface area contributed by atoms with Crippen LogP contribution in [0.2, 0.25) is 0 Å². The van der Waals surface area contributed by atoms with Crippen LogP contribution >= 0.6 is 0 Å². The first kappa shape index (κ1) is 16.9. The van der Waals surface area contributed by atoms with Crippen LogP contribution in [0.25, 0.3) is 0 Å². The Labute approximate surface area is 143 Å². The minimum Gasteiger partial charge on any atom is -0.366 e. The molecule has 0 radical (unpaired) electrons. The largest absolute Gasteiger partial charge is 0.366 e. The van der Waals surface area contributed by atoms with E-state index in [0.29, 0.717) is 11.5 Å². The van der Waals surface area contributed by atoms with Gasteiger partial charge < -0.3 is 11.5 Å². The number of carbonyl (C=O) groups is 2. The summed E-state index contributed by atoms with van der Waals surface area (Å²) >= 11 is 0. The molecule has 5 nitrogen and oxygen atoms in total. The second-order valence-corrected chi connectivity index (χ2v) is 7.25. The van der Waals surface area contributed by atoms with E-state index < -0.39 is 11.8 Å². The van der Waals surface area contributed by atoms with E-state index in [1.807, 2.05) is 0 Å². The zero-order valence-electron chi connectivity index (χ0n) is 14.2. The normalized spacial score (nSPS) is 20.0. The molecular formula is C19H27N3O2. The number of primary amides is 2. The van der Waals surface area contributed by atoms with E-state index in [0.717, 1.165) is 49.7 Å². The summed E-state index contributed by atoms with van der Waals surface area (Å²) < 4.78 is 0. The van der Waals surface area contributed by atoms with Gasteiger partial charge in [0.25, 0.3) is 5.91 Å². The van der Waals surface area contributed by atoms with E-state index >= 15 is 0 Å². The van der Waals surface area contributed by atoms with Crippen molar-refractivity contribution in [3.63, 3.8) is 0 Å². The first-order valence-corrected chi connectivity index (χ1v) is 9.22. The second-order valence-electron chi connectivity index (χ2n) is 7.25. The first-order valence-electron chi connectivity index (χ1n) is 9.22. The van der Waals surface area contributed by atoms with Crippen molar-refractivity contribution in [2.24, 2.45) is 11.5 Å². The predicted molar refractivity (Wildman–Crippen MR) is 92.9 cm³/mol. The minimum absolute atomic E-state index is 0.166. The third-order valence-corrected chi connectivity index (χ3v) is 5.68. The Morgan fingerprint density at radius 2 is 1.38 bits per heavy atom. The molecule has 130 valence electrons. The zero-order chi connectivity index (χ0) is 17.1. The summed E-state index contributed by atoms with van der Waals surface area (Å²) in [7, 11) is 0. The zero-order valence-corrected chi connectivity index (χ0v) is 14.2. The molecule has 0 aromatic carbocycles. The van der Waals surface area contributed by atoms with Crippen molar-refractivity contribution in [3.05, 3.63) is 28.6 Å². The lowest BCUT2D eigenvalue weighted by Gasteiger charge is -2.29. The maximum atomic E-state index is 12.3. The first-order chi connectivity index (χ1) is 11.6. The monoisotopic (exact) mass is 329 g/mol. The van der Waals surface area contributed by atoms with Crippen molar-refractivity contribution in [1.29, 1.82) is 0 Å². The molecule has 0 bridgehead atoms. The smallest absolute Gasteiger partial charge is 0.267 e. The Bertz CT molecular complexity index is 630. The van der Waals surface area contributed by atoms with Gasteiger partial charge in [0.2, 0.25) is 5.91 Å². The van der Waals surface area contributed by atoms with Gasteiger partial charge in [0.05, 0.1) is 0 Å². The van der Waals surface area contributed by atoms with Crippen LogP contribution in [0.15, 0.2) is 6.20 Å². The molecule has 4 N–H and O–H groups in total. The van der Waals surface area contributed by atoms with Crippen molar-refractivity contribution in [2.75, 3.05) is 0 Å². The van der Waals surface area contributed by atoms with Crippen LogP contribution in [-0.4, -0.2) is 16.8 Å². The van der Waals surface area contributed by atoms with Gasteiger partial charge in [0, 0.05) is 11.8 Å². The Hall–Kier alpha value is -1.91. The highest BCUT2D eigenvalue weighted by molar-refractivity contribution is 6.01. The molecule has 0 unspecified atom stereocenters. The van der Waals surface area contributed by atoms with E-state index in [-0.39, 0.29) is 11.6 Å². The Kier molecular flexibility index (Phi) is 5.17. The number of carbonyl (C=O) groups excluding carboxylic acids is 2. The molecule has 5 heteroatoms. The van der Waals surface area contributed by atoms with Gasteiger partial charge in [-0.05, 0) is 48.6 Å². The molecule has 0 aliphatic heterocycles. The summed E-state index contributed by atoms with van der Waals surface area (Å²) in [6, 6.07) is 0. The standard InChI is InChI=1S/C19H27N3O2/c20-18(23)16-14(12-7-3-1-4-8-12)11-22-17(19(21)24)15(16)13-9-5-2-6-10-13/h11-13H,1-10H2,(H2,20,23)(H2,21,24). The summed E-state index contributed by atoms with van der Waals surface area (Å²) in [6.07, 6.45) is 12.7. The van der Waals surface area contributed by atoms with Crippen LogP contribution in [-0.2, 0) is 0 Å². The Morgan fingerprint density at radius 3 is 1.88 bits per heavy atom. The van der Waals surface area contributed by atoms with Crippen molar-refractivity contribution < 1.29 is 9.59 Å². The molecule has 1 aromatic heterocycles. The highest BCUT2D eigenvalue weighted by Gasteiger charge is 2.31. The summed E-state index contributed by atoms with van der Waals surface area (Å²) in [5.41, 5.74) is 13.8. The van der Waals surface area contributed by atoms with Crippen LogP contribution in [0.1, 0.15) is 108 Å². The molecular weight excluding hydrogens is 302 g/mol. The SMILES string of the molecule is NC(=O)c1ncc(C2CCCCC2)c(C(N)=O)c1C1CCCCC1. The molecule has 2 saturated carbocycles. The number of aromatic nitrogens is 1. The van der Waals surface area contributed by atoms with Crippen LogP contribution in [0.5, 0.6) is 0 Å². The summed E-state index contributed by atoms with van der Waals surface area (Å²) in [5.74, 6) is -0.521. The molecule has 0 spiro atoms. The lowest BCUT2D eigenvalue weighted by Crippen LogP contribution is -2.27. The van der Waals surface area contributed by atoms with E-state index in [2.05, 4.69) is 4.98 Å². The van der Waals surface area contributed by atoms with Crippen LogP contribution in [0.3, 0.4) is 0 Å². The number of nitrogens with two attached hydrogens (primary N) is 2. The van der Waals surface area contributed by atoms with Gasteiger partial charge in [-0.2, -0.15) is 0 Å². The summed E-state index contributed by atoms with van der Waals surface area (Å²) in [5, 5.41) is 0. The number of nitrogens with zero attached hydrogens (tertiary/aromatic N) is 1. The fraction of sp³-hybridized carbons (Fsp3) is 0.632. The van der Waals surface area contributed by atoms with E-state index in [1.54, 1.807) is 6.20 Å². The summed E-state index contributed by atoms with van der Waals surface area (Å²) in [4.78, 5) is 28.7. The number of amides is 2. The van der Waals surface area contributed by atoms with Gasteiger partial charge in [0.15, 0.2) is 0 Å². The van der Waals surface area contributed by atoms with Gasteiger partial charge in [0.1, 0.15) is 5.69 Å². The van der Waals surface area contributed by atoms with Gasteiger partial charge >= 0.3 is 0 Å². The van der Waals surface area contributed by atoms with E-state index in [4.69, 9.17) is 11.5 Å². The predicted octanol–water partition coefficient (Wildman–Crippen LogP) is 3.37. The van der Waals surface area contributed by atoms with Gasteiger partial charge in [-0.25, -0.2) is 0 Å². The highest BCUT2D eigenvalue weighted by Crippen LogP contribution is 2.41. The average Bonchev–Trinajstić information content (AvgIpc) is 2.61. The maximum Gasteiger partial charge on any atom is 0.267 e. The highest BCUT2D eigenvalue weighted by atomic mass is 16.1. The van der Waals surface area contributed by atoms with Crippen molar-refractivity contribution >= 4 is 11.8 Å². The van der Waals surface area contributed by atoms with E-state index in [9.17, 15) is 9.59 Å². The maximum absolute atomic E-state index is 12.3. The van der Waals surface area contributed by atoms with Crippen LogP contribution < -0.4 is 11.5 Å². The Balaban J connectivity index is 2.13. The lowest BCUT2D eigenvalue weighted by molar-refractivity contribution is 0.0993. The molecule has 1 aromatic rings. The molecule has 0 atom stereocenters. The molecule has 2 fully saturated rings. The fourth-order valence-corrected chi connectivity index (χ4v) is 4.53.